The molecule has 0 spiro atoms. The minimum Gasteiger partial charge on any atom is -0.388 e. The van der Waals surface area contributed by atoms with E-state index in [2.05, 4.69) is 14.6 Å². The molecule has 2 N–H and O–H groups in total. The molecule has 6 nitrogen and oxygen atoms in total. The van der Waals surface area contributed by atoms with Crippen LogP contribution in [-0.4, -0.2) is 19.1 Å². The van der Waals surface area contributed by atoms with E-state index < -0.39 is 0 Å². The second-order valence-corrected chi connectivity index (χ2v) is 4.24. The highest BCUT2D eigenvalue weighted by Crippen LogP contribution is 2.13. The van der Waals surface area contributed by atoms with Crippen molar-refractivity contribution >= 4 is 16.5 Å². The minimum absolute atomic E-state index is 0.0996. The number of nitrogen functional groups attached to an aromatic ring is 1. The van der Waals surface area contributed by atoms with Crippen molar-refractivity contribution in [2.75, 3.05) is 5.73 Å². The van der Waals surface area contributed by atoms with Gasteiger partial charge in [-0.3, -0.25) is 9.36 Å². The van der Waals surface area contributed by atoms with E-state index in [4.69, 9.17) is 5.73 Å². The standard InChI is InChI=1S/C9H11N5OS/c1-5-3-8(15)14(6(2)11-5)4-7-9(10)16-13-12-7/h3H,4,10H2,1-2H3. The van der Waals surface area contributed by atoms with Crippen LogP contribution >= 0.6 is 11.5 Å². The van der Waals surface area contributed by atoms with Crippen molar-refractivity contribution in [3.05, 3.63) is 33.6 Å². The van der Waals surface area contributed by atoms with Gasteiger partial charge in [-0.2, -0.15) is 0 Å². The Kier molecular flexibility index (Phi) is 2.69. The molecule has 0 amide bonds. The molecule has 0 unspecified atom stereocenters. The lowest BCUT2D eigenvalue weighted by Crippen LogP contribution is -2.24. The van der Waals surface area contributed by atoms with Crippen LogP contribution in [0.1, 0.15) is 17.2 Å². The first-order chi connectivity index (χ1) is 7.58. The maximum Gasteiger partial charge on any atom is 0.254 e. The average Bonchev–Trinajstić information content (AvgIpc) is 2.57. The van der Waals surface area contributed by atoms with Gasteiger partial charge in [0.25, 0.3) is 5.56 Å². The van der Waals surface area contributed by atoms with E-state index in [0.29, 0.717) is 28.8 Å². The predicted molar refractivity (Wildman–Crippen MR) is 61.4 cm³/mol. The number of aryl methyl sites for hydroxylation is 2. The van der Waals surface area contributed by atoms with Crippen molar-refractivity contribution in [2.45, 2.75) is 20.4 Å². The Labute approximate surface area is 95.9 Å². The first-order valence-corrected chi connectivity index (χ1v) is 5.47. The maximum atomic E-state index is 11.7. The quantitative estimate of drug-likeness (QED) is 0.814. The van der Waals surface area contributed by atoms with E-state index in [-0.39, 0.29) is 5.56 Å². The molecule has 0 saturated heterocycles. The maximum absolute atomic E-state index is 11.7. The van der Waals surface area contributed by atoms with Gasteiger partial charge in [0, 0.05) is 23.3 Å². The highest BCUT2D eigenvalue weighted by Gasteiger charge is 2.09. The lowest BCUT2D eigenvalue weighted by molar-refractivity contribution is 0.680. The fraction of sp³-hybridized carbons (Fsp3) is 0.333. The summed E-state index contributed by atoms with van der Waals surface area (Å²) in [5.41, 5.74) is 6.90. The van der Waals surface area contributed by atoms with Crippen molar-refractivity contribution in [1.29, 1.82) is 0 Å². The number of hydrogen-bond acceptors (Lipinski definition) is 6. The van der Waals surface area contributed by atoms with Crippen LogP contribution in [0.3, 0.4) is 0 Å². The van der Waals surface area contributed by atoms with Crippen LogP contribution in [0.5, 0.6) is 0 Å². The summed E-state index contributed by atoms with van der Waals surface area (Å²) in [5.74, 6) is 0.650. The van der Waals surface area contributed by atoms with Crippen LogP contribution in [0.4, 0.5) is 5.00 Å². The van der Waals surface area contributed by atoms with E-state index in [1.807, 2.05) is 0 Å². The van der Waals surface area contributed by atoms with Gasteiger partial charge in [-0.05, 0) is 13.8 Å². The third kappa shape index (κ3) is 1.94. The van der Waals surface area contributed by atoms with Gasteiger partial charge >= 0.3 is 0 Å². The topological polar surface area (TPSA) is 86.7 Å². The number of anilines is 1. The summed E-state index contributed by atoms with van der Waals surface area (Å²) in [6, 6.07) is 1.49. The summed E-state index contributed by atoms with van der Waals surface area (Å²) >= 11 is 1.12. The number of hydrogen-bond donors (Lipinski definition) is 1. The largest absolute Gasteiger partial charge is 0.388 e. The monoisotopic (exact) mass is 237 g/mol. The molecule has 2 aromatic rings. The van der Waals surface area contributed by atoms with Gasteiger partial charge < -0.3 is 5.73 Å². The van der Waals surface area contributed by atoms with Crippen molar-refractivity contribution < 1.29 is 0 Å². The lowest BCUT2D eigenvalue weighted by atomic mass is 10.4. The van der Waals surface area contributed by atoms with E-state index >= 15 is 0 Å². The first kappa shape index (κ1) is 10.7. The highest BCUT2D eigenvalue weighted by atomic mass is 32.1. The zero-order valence-electron chi connectivity index (χ0n) is 8.97. The van der Waals surface area contributed by atoms with Crippen LogP contribution in [0.2, 0.25) is 0 Å². The van der Waals surface area contributed by atoms with Gasteiger partial charge in [0.1, 0.15) is 16.5 Å². The lowest BCUT2D eigenvalue weighted by Gasteiger charge is -2.07. The molecule has 0 fully saturated rings. The summed E-state index contributed by atoms with van der Waals surface area (Å²) < 4.78 is 5.25. The summed E-state index contributed by atoms with van der Waals surface area (Å²) in [7, 11) is 0. The third-order valence-corrected chi connectivity index (χ3v) is 2.82. The molecule has 2 heterocycles. The van der Waals surface area contributed by atoms with Gasteiger partial charge in [0.15, 0.2) is 0 Å². The molecule has 0 aliphatic carbocycles. The Bertz CT molecular complexity index is 574. The van der Waals surface area contributed by atoms with Gasteiger partial charge in [-0.1, -0.05) is 4.49 Å². The Morgan fingerprint density at radius 2 is 2.25 bits per heavy atom. The summed E-state index contributed by atoms with van der Waals surface area (Å²) in [6.07, 6.45) is 0. The minimum atomic E-state index is -0.0996. The van der Waals surface area contributed by atoms with Crippen molar-refractivity contribution in [1.82, 2.24) is 19.1 Å². The van der Waals surface area contributed by atoms with E-state index in [1.54, 1.807) is 13.8 Å². The Morgan fingerprint density at radius 3 is 2.81 bits per heavy atom. The van der Waals surface area contributed by atoms with Gasteiger partial charge in [-0.15, -0.1) is 5.10 Å². The van der Waals surface area contributed by atoms with E-state index in [1.165, 1.54) is 10.6 Å². The molecule has 0 atom stereocenters. The molecule has 0 radical (unpaired) electrons. The smallest absolute Gasteiger partial charge is 0.254 e. The summed E-state index contributed by atoms with van der Waals surface area (Å²) in [6.45, 7) is 3.89. The first-order valence-electron chi connectivity index (χ1n) is 4.69. The van der Waals surface area contributed by atoms with Crippen LogP contribution < -0.4 is 11.3 Å². The molecule has 0 aliphatic heterocycles. The molecule has 7 heteroatoms. The van der Waals surface area contributed by atoms with Crippen LogP contribution in [0.15, 0.2) is 10.9 Å². The molecule has 0 bridgehead atoms. The number of rotatable bonds is 2. The van der Waals surface area contributed by atoms with Crippen LogP contribution in [0, 0.1) is 13.8 Å². The fourth-order valence-corrected chi connectivity index (χ4v) is 1.87. The SMILES string of the molecule is Cc1cc(=O)n(Cc2nnsc2N)c(C)n1. The molecule has 2 rings (SSSR count). The Balaban J connectivity index is 2.43. The molecule has 2 aromatic heterocycles. The summed E-state index contributed by atoms with van der Waals surface area (Å²) in [5, 5.41) is 4.41. The zero-order valence-corrected chi connectivity index (χ0v) is 9.78. The highest BCUT2D eigenvalue weighted by molar-refractivity contribution is 7.09. The van der Waals surface area contributed by atoms with Gasteiger partial charge in [0.2, 0.25) is 0 Å². The molecule has 84 valence electrons. The van der Waals surface area contributed by atoms with Crippen LogP contribution in [-0.2, 0) is 6.54 Å². The Hall–Kier alpha value is -1.76. The summed E-state index contributed by atoms with van der Waals surface area (Å²) in [4.78, 5) is 16.0. The molecular weight excluding hydrogens is 226 g/mol. The number of nitrogens with zero attached hydrogens (tertiary/aromatic N) is 4. The molecule has 0 aromatic carbocycles. The fourth-order valence-electron chi connectivity index (χ4n) is 1.43. The van der Waals surface area contributed by atoms with Crippen molar-refractivity contribution in [3.8, 4) is 0 Å². The number of nitrogens with two attached hydrogens (primary N) is 1. The second-order valence-electron chi connectivity index (χ2n) is 3.45. The average molecular weight is 237 g/mol. The van der Waals surface area contributed by atoms with E-state index in [9.17, 15) is 4.79 Å². The molecular formula is C9H11N5OS. The van der Waals surface area contributed by atoms with Crippen molar-refractivity contribution in [2.24, 2.45) is 0 Å². The zero-order chi connectivity index (χ0) is 11.7. The molecule has 0 saturated carbocycles. The van der Waals surface area contributed by atoms with Gasteiger partial charge in [0.05, 0.1) is 6.54 Å². The third-order valence-electron chi connectivity index (χ3n) is 2.22. The number of aromatic nitrogens is 4. The predicted octanol–water partition coefficient (Wildman–Crippen LogP) is 0.342. The van der Waals surface area contributed by atoms with Gasteiger partial charge in [-0.25, -0.2) is 4.98 Å². The second kappa shape index (κ2) is 4.01. The Morgan fingerprint density at radius 1 is 1.50 bits per heavy atom. The molecule has 16 heavy (non-hydrogen) atoms. The molecule has 0 aliphatic rings. The van der Waals surface area contributed by atoms with E-state index in [0.717, 1.165) is 11.5 Å². The normalized spacial score (nSPS) is 10.6. The van der Waals surface area contributed by atoms with Crippen molar-refractivity contribution in [3.63, 3.8) is 0 Å². The van der Waals surface area contributed by atoms with Crippen LogP contribution in [0.25, 0.3) is 0 Å².